The third-order valence-electron chi connectivity index (χ3n) is 3.06. The first-order valence-electron chi connectivity index (χ1n) is 5.65. The average Bonchev–Trinajstić information content (AvgIpc) is 2.19. The lowest BCUT2D eigenvalue weighted by Crippen LogP contribution is -2.03. The Hall–Kier alpha value is -0.980. The molecule has 1 nitrogen and oxygen atoms in total. The number of aromatic hydroxyl groups is 1. The Balaban J connectivity index is 2.35. The monoisotopic (exact) mass is 190 g/mol. The molecule has 1 N–H and O–H groups in total. The number of phenolic OH excluding ortho intramolecular Hbond substituents is 1. The van der Waals surface area contributed by atoms with Gasteiger partial charge in [-0.1, -0.05) is 19.4 Å². The summed E-state index contributed by atoms with van der Waals surface area (Å²) in [5.74, 6) is 0.507. The number of hydrogen-bond donors (Lipinski definition) is 1. The van der Waals surface area contributed by atoms with E-state index in [0.717, 1.165) is 24.8 Å². The van der Waals surface area contributed by atoms with Crippen LogP contribution in [0.1, 0.15) is 42.9 Å². The Kier molecular flexibility index (Phi) is 2.76. The second-order valence-corrected chi connectivity index (χ2v) is 4.21. The first-order valence-corrected chi connectivity index (χ1v) is 5.65. The highest BCUT2D eigenvalue weighted by molar-refractivity contribution is 5.43. The summed E-state index contributed by atoms with van der Waals surface area (Å²) in [6.45, 7) is 2.15. The van der Waals surface area contributed by atoms with Crippen LogP contribution in [0.4, 0.5) is 0 Å². The summed E-state index contributed by atoms with van der Waals surface area (Å²) in [7, 11) is 0. The Morgan fingerprint density at radius 3 is 2.43 bits per heavy atom. The van der Waals surface area contributed by atoms with E-state index in [4.69, 9.17) is 0 Å². The molecule has 0 aliphatic heterocycles. The van der Waals surface area contributed by atoms with Gasteiger partial charge in [0, 0.05) is 0 Å². The Morgan fingerprint density at radius 2 is 1.79 bits per heavy atom. The fraction of sp³-hybridized carbons (Fsp3) is 0.538. The van der Waals surface area contributed by atoms with Gasteiger partial charge in [-0.15, -0.1) is 0 Å². The number of fused-ring (bicyclic) bond motifs is 1. The number of phenols is 1. The smallest absolute Gasteiger partial charge is 0.119 e. The highest BCUT2D eigenvalue weighted by Crippen LogP contribution is 2.28. The molecule has 0 bridgehead atoms. The fourth-order valence-corrected chi connectivity index (χ4v) is 2.29. The minimum Gasteiger partial charge on any atom is -0.508 e. The molecule has 0 amide bonds. The summed E-state index contributed by atoms with van der Waals surface area (Å²) in [5.41, 5.74) is 3.97. The van der Waals surface area contributed by atoms with E-state index in [2.05, 4.69) is 13.0 Å². The van der Waals surface area contributed by atoms with E-state index in [0.29, 0.717) is 5.75 Å². The van der Waals surface area contributed by atoms with Crippen LogP contribution in [0.15, 0.2) is 12.1 Å². The lowest BCUT2D eigenvalue weighted by Gasteiger charge is -2.17. The zero-order valence-corrected chi connectivity index (χ0v) is 8.84. The predicted molar refractivity (Wildman–Crippen MR) is 58.7 cm³/mol. The highest BCUT2D eigenvalue weighted by Gasteiger charge is 2.12. The summed E-state index contributed by atoms with van der Waals surface area (Å²) in [6, 6.07) is 4.20. The normalized spacial score (nSPS) is 15.2. The van der Waals surface area contributed by atoms with Gasteiger partial charge in [-0.05, 0) is 54.9 Å². The molecule has 0 radical (unpaired) electrons. The van der Waals surface area contributed by atoms with Gasteiger partial charge >= 0.3 is 0 Å². The molecule has 0 fully saturated rings. The van der Waals surface area contributed by atoms with Crippen molar-refractivity contribution in [3.63, 3.8) is 0 Å². The van der Waals surface area contributed by atoms with Gasteiger partial charge in [0.15, 0.2) is 0 Å². The van der Waals surface area contributed by atoms with E-state index in [1.165, 1.54) is 30.4 Å². The van der Waals surface area contributed by atoms with Crippen LogP contribution < -0.4 is 0 Å². The van der Waals surface area contributed by atoms with E-state index in [1.807, 2.05) is 6.07 Å². The molecule has 1 aromatic rings. The van der Waals surface area contributed by atoms with Gasteiger partial charge in [0.25, 0.3) is 0 Å². The summed E-state index contributed by atoms with van der Waals surface area (Å²) in [4.78, 5) is 0. The first kappa shape index (κ1) is 9.57. The van der Waals surface area contributed by atoms with Crippen molar-refractivity contribution in [2.24, 2.45) is 0 Å². The number of rotatable bonds is 2. The SMILES string of the molecule is CCCc1cc2c(cc1O)CCCC2. The molecule has 0 atom stereocenters. The van der Waals surface area contributed by atoms with Crippen molar-refractivity contribution in [1.82, 2.24) is 0 Å². The molecule has 1 aliphatic rings. The molecule has 1 aliphatic carbocycles. The maximum absolute atomic E-state index is 9.80. The number of hydrogen-bond acceptors (Lipinski definition) is 1. The quantitative estimate of drug-likeness (QED) is 0.759. The van der Waals surface area contributed by atoms with Crippen molar-refractivity contribution in [1.29, 1.82) is 0 Å². The Morgan fingerprint density at radius 1 is 1.14 bits per heavy atom. The second-order valence-electron chi connectivity index (χ2n) is 4.21. The predicted octanol–water partition coefficient (Wildman–Crippen LogP) is 3.22. The van der Waals surface area contributed by atoms with Crippen LogP contribution in [-0.4, -0.2) is 5.11 Å². The van der Waals surface area contributed by atoms with Gasteiger partial charge in [-0.2, -0.15) is 0 Å². The zero-order valence-electron chi connectivity index (χ0n) is 8.84. The summed E-state index contributed by atoms with van der Waals surface area (Å²) < 4.78 is 0. The maximum Gasteiger partial charge on any atom is 0.119 e. The molecule has 1 heteroatoms. The van der Waals surface area contributed by atoms with Crippen LogP contribution >= 0.6 is 0 Å². The second kappa shape index (κ2) is 4.04. The molecule has 0 unspecified atom stereocenters. The lowest BCUT2D eigenvalue weighted by atomic mass is 9.89. The van der Waals surface area contributed by atoms with Crippen LogP contribution in [0.25, 0.3) is 0 Å². The van der Waals surface area contributed by atoms with Crippen molar-refractivity contribution in [2.75, 3.05) is 0 Å². The number of benzene rings is 1. The van der Waals surface area contributed by atoms with Crippen LogP contribution in [0.3, 0.4) is 0 Å². The molecule has 76 valence electrons. The fourth-order valence-electron chi connectivity index (χ4n) is 2.29. The minimum atomic E-state index is 0.507. The summed E-state index contributed by atoms with van der Waals surface area (Å²) >= 11 is 0. The van der Waals surface area contributed by atoms with Crippen LogP contribution in [0.2, 0.25) is 0 Å². The van der Waals surface area contributed by atoms with Gasteiger partial charge in [-0.25, -0.2) is 0 Å². The number of aryl methyl sites for hydroxylation is 3. The molecule has 2 rings (SSSR count). The van der Waals surface area contributed by atoms with Crippen LogP contribution in [0, 0.1) is 0 Å². The standard InChI is InChI=1S/C13H18O/c1-2-5-12-8-10-6-3-4-7-11(10)9-13(12)14/h8-9,14H,2-7H2,1H3. The maximum atomic E-state index is 9.80. The van der Waals surface area contributed by atoms with Crippen molar-refractivity contribution in [2.45, 2.75) is 45.4 Å². The van der Waals surface area contributed by atoms with Gasteiger partial charge < -0.3 is 5.11 Å². The molecule has 14 heavy (non-hydrogen) atoms. The van der Waals surface area contributed by atoms with Gasteiger partial charge in [0.1, 0.15) is 5.75 Å². The van der Waals surface area contributed by atoms with Gasteiger partial charge in [0.05, 0.1) is 0 Å². The van der Waals surface area contributed by atoms with E-state index < -0.39 is 0 Å². The zero-order chi connectivity index (χ0) is 9.97. The lowest BCUT2D eigenvalue weighted by molar-refractivity contribution is 0.465. The van der Waals surface area contributed by atoms with Crippen molar-refractivity contribution < 1.29 is 5.11 Å². The molecular weight excluding hydrogens is 172 g/mol. The molecular formula is C13H18O. The topological polar surface area (TPSA) is 20.2 Å². The third kappa shape index (κ3) is 1.77. The summed E-state index contributed by atoms with van der Waals surface area (Å²) in [5, 5.41) is 9.80. The molecule has 1 aromatic carbocycles. The minimum absolute atomic E-state index is 0.507. The Bertz CT molecular complexity index is 328. The highest BCUT2D eigenvalue weighted by atomic mass is 16.3. The molecule has 0 saturated heterocycles. The van der Waals surface area contributed by atoms with Crippen molar-refractivity contribution >= 4 is 0 Å². The van der Waals surface area contributed by atoms with Crippen molar-refractivity contribution in [3.05, 3.63) is 28.8 Å². The Labute approximate surface area is 85.8 Å². The third-order valence-corrected chi connectivity index (χ3v) is 3.06. The molecule has 0 aromatic heterocycles. The van der Waals surface area contributed by atoms with Crippen LogP contribution in [-0.2, 0) is 19.3 Å². The molecule has 0 saturated carbocycles. The van der Waals surface area contributed by atoms with E-state index >= 15 is 0 Å². The summed E-state index contributed by atoms with van der Waals surface area (Å²) in [6.07, 6.45) is 7.04. The molecule has 0 heterocycles. The van der Waals surface area contributed by atoms with E-state index in [9.17, 15) is 5.11 Å². The van der Waals surface area contributed by atoms with Crippen molar-refractivity contribution in [3.8, 4) is 5.75 Å². The van der Waals surface area contributed by atoms with Gasteiger partial charge in [0.2, 0.25) is 0 Å². The van der Waals surface area contributed by atoms with Crippen LogP contribution in [0.5, 0.6) is 5.75 Å². The molecule has 0 spiro atoms. The van der Waals surface area contributed by atoms with E-state index in [-0.39, 0.29) is 0 Å². The van der Waals surface area contributed by atoms with E-state index in [1.54, 1.807) is 0 Å². The first-order chi connectivity index (χ1) is 6.81. The average molecular weight is 190 g/mol. The largest absolute Gasteiger partial charge is 0.508 e. The van der Waals surface area contributed by atoms with Gasteiger partial charge in [-0.3, -0.25) is 0 Å².